The summed E-state index contributed by atoms with van der Waals surface area (Å²) in [5.74, 6) is 1.15. The molecule has 0 bridgehead atoms. The fourth-order valence-electron chi connectivity index (χ4n) is 6.22. The van der Waals surface area contributed by atoms with E-state index in [0.29, 0.717) is 12.0 Å². The van der Waals surface area contributed by atoms with Gasteiger partial charge in [0.05, 0.1) is 18.1 Å². The van der Waals surface area contributed by atoms with E-state index in [0.717, 1.165) is 36.6 Å². The first-order valence-corrected chi connectivity index (χ1v) is 9.61. The van der Waals surface area contributed by atoms with Crippen LogP contribution in [0.15, 0.2) is 35.5 Å². The van der Waals surface area contributed by atoms with Crippen LogP contribution < -0.4 is 5.32 Å². The Bertz CT molecular complexity index is 771. The zero-order valence-corrected chi connectivity index (χ0v) is 15.0. The highest BCUT2D eigenvalue weighted by atomic mass is 16.5. The van der Waals surface area contributed by atoms with Gasteiger partial charge in [-0.25, -0.2) is 4.79 Å². The second kappa shape index (κ2) is 5.34. The van der Waals surface area contributed by atoms with Crippen LogP contribution in [0.5, 0.6) is 0 Å². The van der Waals surface area contributed by atoms with E-state index in [1.54, 1.807) is 0 Å². The van der Waals surface area contributed by atoms with E-state index in [1.807, 2.05) is 0 Å². The quantitative estimate of drug-likeness (QED) is 0.840. The Labute approximate surface area is 149 Å². The average molecular weight is 338 g/mol. The molecule has 0 amide bonds. The minimum atomic E-state index is -0.148. The standard InChI is InChI=1S/C21H26N2O2/c1-3-13-10-14-11-15(20(24)25-2)18-21(8-9-23(12-13)19(14)21)16-6-4-5-7-17(16)22-18/h4-7,13-14,19,22H,3,8-12H2,1-2H3/t13-,14+,19+,21+/m0/s1. The predicted octanol–water partition coefficient (Wildman–Crippen LogP) is 3.30. The van der Waals surface area contributed by atoms with Crippen molar-refractivity contribution < 1.29 is 9.53 Å². The zero-order chi connectivity index (χ0) is 17.2. The first-order chi connectivity index (χ1) is 12.2. The molecule has 4 heteroatoms. The number of carbonyl (C=O) groups excluding carboxylic acids is 1. The number of esters is 1. The Hall–Kier alpha value is -1.81. The van der Waals surface area contributed by atoms with Crippen LogP contribution in [0, 0.1) is 11.8 Å². The second-order valence-electron chi connectivity index (χ2n) is 8.15. The number of nitrogens with zero attached hydrogens (tertiary/aromatic N) is 1. The molecule has 4 nitrogen and oxygen atoms in total. The van der Waals surface area contributed by atoms with Gasteiger partial charge in [-0.15, -0.1) is 0 Å². The maximum atomic E-state index is 12.6. The Kier molecular flexibility index (Phi) is 3.30. The molecule has 0 saturated carbocycles. The molecule has 132 valence electrons. The van der Waals surface area contributed by atoms with E-state index in [9.17, 15) is 4.79 Å². The third kappa shape index (κ3) is 1.89. The molecule has 4 aliphatic rings. The number of para-hydroxylation sites is 1. The van der Waals surface area contributed by atoms with Gasteiger partial charge in [-0.1, -0.05) is 31.5 Å². The number of carbonyl (C=O) groups is 1. The van der Waals surface area contributed by atoms with Gasteiger partial charge in [0.1, 0.15) is 0 Å². The van der Waals surface area contributed by atoms with Gasteiger partial charge in [0.25, 0.3) is 0 Å². The number of nitrogens with one attached hydrogen (secondary N) is 1. The van der Waals surface area contributed by atoms with E-state index >= 15 is 0 Å². The van der Waals surface area contributed by atoms with Gasteiger partial charge in [-0.2, -0.15) is 0 Å². The molecular formula is C21H26N2O2. The lowest BCUT2D eigenvalue weighted by molar-refractivity contribution is -0.136. The highest BCUT2D eigenvalue weighted by Gasteiger charge is 2.62. The van der Waals surface area contributed by atoms with E-state index in [1.165, 1.54) is 37.7 Å². The molecule has 0 aromatic heterocycles. The fourth-order valence-corrected chi connectivity index (χ4v) is 6.22. The SMILES string of the molecule is CC[C@H]1C[C@@H]2CC(C(=O)OC)=C3Nc4ccccc4[C@]34CCN(C1)[C@H]24. The molecule has 1 aliphatic carbocycles. The van der Waals surface area contributed by atoms with Crippen molar-refractivity contribution in [2.24, 2.45) is 11.8 Å². The van der Waals surface area contributed by atoms with Crippen molar-refractivity contribution in [2.45, 2.75) is 44.1 Å². The van der Waals surface area contributed by atoms with Crippen molar-refractivity contribution in [1.29, 1.82) is 0 Å². The molecule has 2 fully saturated rings. The molecule has 0 radical (unpaired) electrons. The number of fused-ring (bicyclic) bond motifs is 1. The normalized spacial score (nSPS) is 35.7. The molecule has 2 saturated heterocycles. The summed E-state index contributed by atoms with van der Waals surface area (Å²) in [6.45, 7) is 4.64. The predicted molar refractivity (Wildman–Crippen MR) is 97.3 cm³/mol. The van der Waals surface area contributed by atoms with Crippen molar-refractivity contribution in [3.63, 3.8) is 0 Å². The van der Waals surface area contributed by atoms with Gasteiger partial charge < -0.3 is 10.1 Å². The molecular weight excluding hydrogens is 312 g/mol. The summed E-state index contributed by atoms with van der Waals surface area (Å²) in [6.07, 6.45) is 4.41. The number of piperidine rings is 1. The van der Waals surface area contributed by atoms with Crippen molar-refractivity contribution in [1.82, 2.24) is 4.90 Å². The zero-order valence-electron chi connectivity index (χ0n) is 15.0. The number of anilines is 1. The topological polar surface area (TPSA) is 41.6 Å². The number of ether oxygens (including phenoxy) is 1. The number of hydrogen-bond acceptors (Lipinski definition) is 4. The van der Waals surface area contributed by atoms with Crippen LogP contribution in [0.2, 0.25) is 0 Å². The third-order valence-corrected chi connectivity index (χ3v) is 7.16. The van der Waals surface area contributed by atoms with Crippen molar-refractivity contribution in [3.05, 3.63) is 41.1 Å². The lowest BCUT2D eigenvalue weighted by Gasteiger charge is -2.50. The van der Waals surface area contributed by atoms with Crippen LogP contribution in [0.1, 0.15) is 38.2 Å². The molecule has 4 atom stereocenters. The summed E-state index contributed by atoms with van der Waals surface area (Å²) < 4.78 is 5.18. The fraction of sp³-hybridized carbons (Fsp3) is 0.571. The summed E-state index contributed by atoms with van der Waals surface area (Å²) in [6, 6.07) is 9.16. The van der Waals surface area contributed by atoms with Gasteiger partial charge >= 0.3 is 5.97 Å². The molecule has 25 heavy (non-hydrogen) atoms. The van der Waals surface area contributed by atoms with Crippen LogP contribution in [-0.2, 0) is 14.9 Å². The van der Waals surface area contributed by atoms with Gasteiger partial charge in [-0.3, -0.25) is 4.90 Å². The smallest absolute Gasteiger partial charge is 0.335 e. The lowest BCUT2D eigenvalue weighted by Crippen LogP contribution is -2.55. The summed E-state index contributed by atoms with van der Waals surface area (Å²) >= 11 is 0. The molecule has 1 aromatic carbocycles. The molecule has 3 heterocycles. The van der Waals surface area contributed by atoms with Crippen molar-refractivity contribution >= 4 is 11.7 Å². The summed E-state index contributed by atoms with van der Waals surface area (Å²) in [5.41, 5.74) is 4.55. The van der Waals surface area contributed by atoms with E-state index < -0.39 is 0 Å². The third-order valence-electron chi connectivity index (χ3n) is 7.16. The summed E-state index contributed by atoms with van der Waals surface area (Å²) in [4.78, 5) is 15.3. The average Bonchev–Trinajstić information content (AvgIpc) is 3.20. The molecule has 1 spiro atoms. The van der Waals surface area contributed by atoms with Crippen LogP contribution in [0.25, 0.3) is 0 Å². The van der Waals surface area contributed by atoms with Crippen LogP contribution in [-0.4, -0.2) is 37.1 Å². The number of benzene rings is 1. The van der Waals surface area contributed by atoms with Gasteiger partial charge in [-0.05, 0) is 49.3 Å². The van der Waals surface area contributed by atoms with Crippen molar-refractivity contribution in [3.8, 4) is 0 Å². The lowest BCUT2D eigenvalue weighted by atomic mass is 9.60. The largest absolute Gasteiger partial charge is 0.466 e. The highest BCUT2D eigenvalue weighted by molar-refractivity contribution is 5.93. The molecule has 5 rings (SSSR count). The van der Waals surface area contributed by atoms with E-state index in [2.05, 4.69) is 41.4 Å². The van der Waals surface area contributed by atoms with E-state index in [4.69, 9.17) is 4.74 Å². The Morgan fingerprint density at radius 2 is 2.24 bits per heavy atom. The van der Waals surface area contributed by atoms with Crippen LogP contribution >= 0.6 is 0 Å². The summed E-state index contributed by atoms with van der Waals surface area (Å²) in [7, 11) is 1.51. The van der Waals surface area contributed by atoms with Gasteiger partial charge in [0.2, 0.25) is 0 Å². The Morgan fingerprint density at radius 3 is 3.04 bits per heavy atom. The minimum absolute atomic E-state index is 0.0399. The van der Waals surface area contributed by atoms with Crippen LogP contribution in [0.3, 0.4) is 0 Å². The molecule has 1 aromatic rings. The molecule has 1 N–H and O–H groups in total. The van der Waals surface area contributed by atoms with Gasteiger partial charge in [0, 0.05) is 24.0 Å². The Balaban J connectivity index is 1.72. The molecule has 0 unspecified atom stereocenters. The van der Waals surface area contributed by atoms with E-state index in [-0.39, 0.29) is 11.4 Å². The van der Waals surface area contributed by atoms with Gasteiger partial charge in [0.15, 0.2) is 0 Å². The summed E-state index contributed by atoms with van der Waals surface area (Å²) in [5, 5.41) is 3.63. The molecule has 3 aliphatic heterocycles. The monoisotopic (exact) mass is 338 g/mol. The second-order valence-corrected chi connectivity index (χ2v) is 8.15. The number of rotatable bonds is 2. The highest BCUT2D eigenvalue weighted by Crippen LogP contribution is 2.61. The van der Waals surface area contributed by atoms with Crippen LogP contribution in [0.4, 0.5) is 5.69 Å². The number of hydrogen-bond donors (Lipinski definition) is 1. The Morgan fingerprint density at radius 1 is 1.40 bits per heavy atom. The first kappa shape index (κ1) is 15.4. The maximum Gasteiger partial charge on any atom is 0.335 e. The minimum Gasteiger partial charge on any atom is -0.466 e. The number of methoxy groups -OCH3 is 1. The maximum absolute atomic E-state index is 12.6. The first-order valence-electron chi connectivity index (χ1n) is 9.61. The van der Waals surface area contributed by atoms with Crippen molar-refractivity contribution in [2.75, 3.05) is 25.5 Å².